The van der Waals surface area contributed by atoms with E-state index in [1.807, 2.05) is 0 Å². The van der Waals surface area contributed by atoms with Crippen LogP contribution < -0.4 is 5.56 Å². The minimum absolute atomic E-state index is 0.169. The summed E-state index contributed by atoms with van der Waals surface area (Å²) in [5.74, 6) is 0.0981. The fourth-order valence-corrected chi connectivity index (χ4v) is 2.97. The molecule has 2 aromatic rings. The standard InChI is InChI=1S/C17H22N6O4/c1-4-27-17(26)22-7-5-21(6-8-22)15(25)13-10-18-23(12(13)3)16-19-11(2)9-14(24)20-16/h9-10H,4-8H2,1-3H3,(H,19,20,24). The molecule has 1 aliphatic rings. The Morgan fingerprint density at radius 1 is 1.19 bits per heavy atom. The molecule has 1 fully saturated rings. The Kier molecular flexibility index (Phi) is 5.24. The molecule has 0 atom stereocenters. The Balaban J connectivity index is 1.74. The molecule has 0 saturated carbocycles. The molecule has 10 nitrogen and oxygen atoms in total. The van der Waals surface area contributed by atoms with Gasteiger partial charge in [0.2, 0.25) is 5.95 Å². The number of aromatic amines is 1. The number of hydrogen-bond acceptors (Lipinski definition) is 6. The molecule has 0 spiro atoms. The molecule has 27 heavy (non-hydrogen) atoms. The summed E-state index contributed by atoms with van der Waals surface area (Å²) in [5, 5.41) is 4.20. The lowest BCUT2D eigenvalue weighted by atomic mass is 10.2. The Morgan fingerprint density at radius 3 is 2.48 bits per heavy atom. The van der Waals surface area contributed by atoms with Crippen molar-refractivity contribution in [2.45, 2.75) is 20.8 Å². The van der Waals surface area contributed by atoms with Crippen LogP contribution in [0.15, 0.2) is 17.1 Å². The molecule has 2 amide bonds. The molecule has 1 saturated heterocycles. The van der Waals surface area contributed by atoms with Gasteiger partial charge in [-0.15, -0.1) is 0 Å². The predicted molar refractivity (Wildman–Crippen MR) is 96.0 cm³/mol. The maximum Gasteiger partial charge on any atom is 0.409 e. The van der Waals surface area contributed by atoms with E-state index in [0.29, 0.717) is 49.7 Å². The van der Waals surface area contributed by atoms with Crippen molar-refractivity contribution in [3.8, 4) is 5.95 Å². The first-order chi connectivity index (χ1) is 12.9. The summed E-state index contributed by atoms with van der Waals surface area (Å²) in [6, 6.07) is 1.39. The number of rotatable bonds is 3. The molecular weight excluding hydrogens is 352 g/mol. The number of hydrogen-bond donors (Lipinski definition) is 1. The number of carbonyl (C=O) groups excluding carboxylic acids is 2. The van der Waals surface area contributed by atoms with Gasteiger partial charge in [-0.3, -0.25) is 14.6 Å². The lowest BCUT2D eigenvalue weighted by Crippen LogP contribution is -2.50. The summed E-state index contributed by atoms with van der Waals surface area (Å²) in [6.07, 6.45) is 1.11. The average molecular weight is 374 g/mol. The number of nitrogens with one attached hydrogen (secondary N) is 1. The maximum atomic E-state index is 12.8. The second-order valence-corrected chi connectivity index (χ2v) is 6.24. The summed E-state index contributed by atoms with van der Waals surface area (Å²) in [6.45, 7) is 7.22. The van der Waals surface area contributed by atoms with E-state index < -0.39 is 0 Å². The van der Waals surface area contributed by atoms with Crippen LogP contribution in [0, 0.1) is 13.8 Å². The van der Waals surface area contributed by atoms with Gasteiger partial charge in [-0.2, -0.15) is 5.10 Å². The van der Waals surface area contributed by atoms with Gasteiger partial charge < -0.3 is 14.5 Å². The van der Waals surface area contributed by atoms with Gasteiger partial charge in [0.15, 0.2) is 0 Å². The van der Waals surface area contributed by atoms with Crippen molar-refractivity contribution in [2.75, 3.05) is 32.8 Å². The average Bonchev–Trinajstić information content (AvgIpc) is 3.02. The lowest BCUT2D eigenvalue weighted by molar-refractivity contribution is 0.0570. The van der Waals surface area contributed by atoms with Gasteiger partial charge in [-0.1, -0.05) is 0 Å². The molecule has 2 aromatic heterocycles. The first-order valence-electron chi connectivity index (χ1n) is 8.74. The highest BCUT2D eigenvalue weighted by atomic mass is 16.6. The zero-order valence-corrected chi connectivity index (χ0v) is 15.6. The van der Waals surface area contributed by atoms with Crippen LogP contribution in [-0.4, -0.2) is 74.3 Å². The summed E-state index contributed by atoms with van der Waals surface area (Å²) >= 11 is 0. The molecule has 1 aliphatic heterocycles. The first kappa shape index (κ1) is 18.6. The van der Waals surface area contributed by atoms with Crippen LogP contribution in [0.1, 0.15) is 28.7 Å². The van der Waals surface area contributed by atoms with Crippen molar-refractivity contribution in [1.82, 2.24) is 29.5 Å². The third-order valence-corrected chi connectivity index (χ3v) is 4.39. The number of carbonyl (C=O) groups is 2. The van der Waals surface area contributed by atoms with Gasteiger partial charge in [0.25, 0.3) is 11.5 Å². The zero-order valence-electron chi connectivity index (χ0n) is 15.6. The number of nitrogens with zero attached hydrogens (tertiary/aromatic N) is 5. The van der Waals surface area contributed by atoms with Crippen LogP contribution in [0.5, 0.6) is 0 Å². The van der Waals surface area contributed by atoms with E-state index in [0.717, 1.165) is 0 Å². The molecule has 10 heteroatoms. The minimum atomic E-state index is -0.358. The third-order valence-electron chi connectivity index (χ3n) is 4.39. The highest BCUT2D eigenvalue weighted by Crippen LogP contribution is 2.15. The van der Waals surface area contributed by atoms with Crippen LogP contribution in [0.4, 0.5) is 4.79 Å². The van der Waals surface area contributed by atoms with Gasteiger partial charge in [0.05, 0.1) is 24.1 Å². The smallest absolute Gasteiger partial charge is 0.409 e. The number of piperazine rings is 1. The third kappa shape index (κ3) is 3.83. The van der Waals surface area contributed by atoms with E-state index in [-0.39, 0.29) is 23.5 Å². The van der Waals surface area contributed by atoms with Gasteiger partial charge in [-0.05, 0) is 20.8 Å². The second kappa shape index (κ2) is 7.60. The normalized spacial score (nSPS) is 14.3. The molecule has 0 aliphatic carbocycles. The SMILES string of the molecule is CCOC(=O)N1CCN(C(=O)c2cnn(-c3nc(C)cc(=O)[nH]3)c2C)CC1. The molecular formula is C17H22N6O4. The van der Waals surface area contributed by atoms with Gasteiger partial charge in [0, 0.05) is 37.9 Å². The lowest BCUT2D eigenvalue weighted by Gasteiger charge is -2.34. The quantitative estimate of drug-likeness (QED) is 0.836. The number of ether oxygens (including phenoxy) is 1. The number of aryl methyl sites for hydroxylation is 1. The van der Waals surface area contributed by atoms with Crippen molar-refractivity contribution in [2.24, 2.45) is 0 Å². The second-order valence-electron chi connectivity index (χ2n) is 6.24. The van der Waals surface area contributed by atoms with Crippen molar-refractivity contribution in [3.63, 3.8) is 0 Å². The van der Waals surface area contributed by atoms with Crippen LogP contribution in [0.25, 0.3) is 5.95 Å². The van der Waals surface area contributed by atoms with Gasteiger partial charge in [0.1, 0.15) is 0 Å². The topological polar surface area (TPSA) is 113 Å². The molecule has 0 bridgehead atoms. The van der Waals surface area contributed by atoms with Crippen LogP contribution in [0.2, 0.25) is 0 Å². The first-order valence-corrected chi connectivity index (χ1v) is 8.74. The van der Waals surface area contributed by atoms with Crippen molar-refractivity contribution < 1.29 is 14.3 Å². The summed E-state index contributed by atoms with van der Waals surface area (Å²) in [7, 11) is 0. The van der Waals surface area contributed by atoms with E-state index in [1.165, 1.54) is 16.9 Å². The molecule has 0 aromatic carbocycles. The molecule has 3 rings (SSSR count). The van der Waals surface area contributed by atoms with Gasteiger partial charge >= 0.3 is 6.09 Å². The highest BCUT2D eigenvalue weighted by Gasteiger charge is 2.27. The van der Waals surface area contributed by atoms with Crippen molar-refractivity contribution >= 4 is 12.0 Å². The molecule has 3 heterocycles. The Bertz CT molecular complexity index is 910. The van der Waals surface area contributed by atoms with Crippen molar-refractivity contribution in [1.29, 1.82) is 0 Å². The van der Waals surface area contributed by atoms with E-state index in [1.54, 1.807) is 30.6 Å². The molecule has 1 N–H and O–H groups in total. The van der Waals surface area contributed by atoms with Crippen LogP contribution >= 0.6 is 0 Å². The Hall–Kier alpha value is -3.17. The highest BCUT2D eigenvalue weighted by molar-refractivity contribution is 5.95. The van der Waals surface area contributed by atoms with Crippen LogP contribution in [-0.2, 0) is 4.74 Å². The number of amides is 2. The fraction of sp³-hybridized carbons (Fsp3) is 0.471. The van der Waals surface area contributed by atoms with Gasteiger partial charge in [-0.25, -0.2) is 14.5 Å². The number of H-pyrrole nitrogens is 1. The summed E-state index contributed by atoms with van der Waals surface area (Å²) in [4.78, 5) is 46.4. The minimum Gasteiger partial charge on any atom is -0.450 e. The molecule has 144 valence electrons. The van der Waals surface area contributed by atoms with E-state index in [2.05, 4.69) is 15.1 Å². The summed E-state index contributed by atoms with van der Waals surface area (Å²) < 4.78 is 6.43. The molecule has 0 unspecified atom stereocenters. The van der Waals surface area contributed by atoms with E-state index in [4.69, 9.17) is 4.74 Å². The van der Waals surface area contributed by atoms with E-state index in [9.17, 15) is 14.4 Å². The van der Waals surface area contributed by atoms with Crippen LogP contribution in [0.3, 0.4) is 0 Å². The largest absolute Gasteiger partial charge is 0.450 e. The van der Waals surface area contributed by atoms with E-state index >= 15 is 0 Å². The monoisotopic (exact) mass is 374 g/mol. The Labute approximate surface area is 155 Å². The Morgan fingerprint density at radius 2 is 1.85 bits per heavy atom. The maximum absolute atomic E-state index is 12.8. The molecule has 0 radical (unpaired) electrons. The van der Waals surface area contributed by atoms with Crippen molar-refractivity contribution in [3.05, 3.63) is 39.6 Å². The summed E-state index contributed by atoms with van der Waals surface area (Å²) in [5.41, 5.74) is 1.30. The number of aromatic nitrogens is 4. The zero-order chi connectivity index (χ0) is 19.6. The fourth-order valence-electron chi connectivity index (χ4n) is 2.97. The predicted octanol–water partition coefficient (Wildman–Crippen LogP) is 0.487.